The van der Waals surface area contributed by atoms with E-state index in [2.05, 4.69) is 10.0 Å². The number of hydrogen-bond donors (Lipinski definition) is 2. The summed E-state index contributed by atoms with van der Waals surface area (Å²) in [7, 11) is -4.32. The number of sulfonamides is 1. The second kappa shape index (κ2) is 12.6. The van der Waals surface area contributed by atoms with Crippen LogP contribution in [0.15, 0.2) is 47.4 Å². The highest BCUT2D eigenvalue weighted by Crippen LogP contribution is 2.38. The predicted molar refractivity (Wildman–Crippen MR) is 140 cm³/mol. The van der Waals surface area contributed by atoms with E-state index in [9.17, 15) is 31.2 Å². The molecule has 0 saturated carbocycles. The fourth-order valence-corrected chi connectivity index (χ4v) is 4.92. The number of ether oxygens (including phenoxy) is 2. The molecule has 0 fully saturated rings. The molecule has 0 saturated heterocycles. The topological polar surface area (TPSA) is 114 Å². The van der Waals surface area contributed by atoms with Crippen LogP contribution in [-0.4, -0.2) is 44.9 Å². The van der Waals surface area contributed by atoms with E-state index in [-0.39, 0.29) is 36.2 Å². The number of nitrogens with zero attached hydrogens (tertiary/aromatic N) is 1. The van der Waals surface area contributed by atoms with Crippen molar-refractivity contribution in [2.45, 2.75) is 51.3 Å². The first-order chi connectivity index (χ1) is 17.5. The Bertz CT molecular complexity index is 1250. The molecule has 1 aliphatic heterocycles. The number of benzene rings is 2. The summed E-state index contributed by atoms with van der Waals surface area (Å²) >= 11 is 1.42. The lowest BCUT2D eigenvalue weighted by molar-refractivity contribution is -0.137. The number of rotatable bonds is 5. The van der Waals surface area contributed by atoms with E-state index in [1.165, 1.54) is 37.1 Å². The molecule has 0 unspecified atom stereocenters. The SMILES string of the molecule is CC(C)(C)OC(=O)Nc1ccc2c(c1)N(S(=O)(=O)c1cccc(C(F)(F)F)c1)CCO2.CCSNC(C)=O. The highest BCUT2D eigenvalue weighted by atomic mass is 32.2. The summed E-state index contributed by atoms with van der Waals surface area (Å²) in [5.41, 5.74) is -1.47. The van der Waals surface area contributed by atoms with Crippen LogP contribution in [0.5, 0.6) is 5.75 Å². The van der Waals surface area contributed by atoms with Gasteiger partial charge in [0.25, 0.3) is 10.0 Å². The van der Waals surface area contributed by atoms with Crippen LogP contribution in [-0.2, 0) is 25.7 Å². The number of anilines is 2. The molecule has 2 amide bonds. The van der Waals surface area contributed by atoms with Gasteiger partial charge in [0.05, 0.1) is 22.7 Å². The van der Waals surface area contributed by atoms with Crippen molar-refractivity contribution < 1.29 is 40.7 Å². The zero-order valence-corrected chi connectivity index (χ0v) is 23.1. The van der Waals surface area contributed by atoms with E-state index in [1.807, 2.05) is 6.92 Å². The molecule has 9 nitrogen and oxygen atoms in total. The average molecular weight is 578 g/mol. The fourth-order valence-electron chi connectivity index (χ4n) is 3.08. The number of amides is 2. The van der Waals surface area contributed by atoms with Gasteiger partial charge in [0.15, 0.2) is 0 Å². The highest BCUT2D eigenvalue weighted by molar-refractivity contribution is 7.97. The van der Waals surface area contributed by atoms with Crippen LogP contribution in [0.25, 0.3) is 0 Å². The molecular formula is C24H30F3N3O6S2. The molecule has 1 heterocycles. The van der Waals surface area contributed by atoms with Gasteiger partial charge >= 0.3 is 12.3 Å². The zero-order chi connectivity index (χ0) is 28.7. The van der Waals surface area contributed by atoms with Crippen molar-refractivity contribution in [2.75, 3.05) is 28.5 Å². The van der Waals surface area contributed by atoms with E-state index >= 15 is 0 Å². The third-order valence-electron chi connectivity index (χ3n) is 4.53. The molecule has 0 radical (unpaired) electrons. The van der Waals surface area contributed by atoms with Gasteiger partial charge in [0.2, 0.25) is 5.91 Å². The molecule has 1 aliphatic rings. The van der Waals surface area contributed by atoms with Gasteiger partial charge in [-0.1, -0.05) is 24.9 Å². The van der Waals surface area contributed by atoms with Gasteiger partial charge in [-0.25, -0.2) is 13.2 Å². The van der Waals surface area contributed by atoms with Gasteiger partial charge in [-0.3, -0.25) is 14.4 Å². The molecule has 0 atom stereocenters. The Morgan fingerprint density at radius 3 is 2.37 bits per heavy atom. The maximum Gasteiger partial charge on any atom is 0.416 e. The molecule has 3 rings (SSSR count). The minimum Gasteiger partial charge on any atom is -0.489 e. The maximum atomic E-state index is 13.1. The van der Waals surface area contributed by atoms with E-state index in [1.54, 1.807) is 20.8 Å². The maximum absolute atomic E-state index is 13.1. The summed E-state index contributed by atoms with van der Waals surface area (Å²) in [5, 5.41) is 2.50. The summed E-state index contributed by atoms with van der Waals surface area (Å²) < 4.78 is 79.6. The number of fused-ring (bicyclic) bond motifs is 1. The summed E-state index contributed by atoms with van der Waals surface area (Å²) in [5.74, 6) is 1.17. The third kappa shape index (κ3) is 9.01. The van der Waals surface area contributed by atoms with Crippen molar-refractivity contribution in [3.8, 4) is 5.75 Å². The molecule has 14 heteroatoms. The Kier molecular flexibility index (Phi) is 10.3. The fraction of sp³-hybridized carbons (Fsp3) is 0.417. The summed E-state index contributed by atoms with van der Waals surface area (Å²) in [6.45, 7) is 8.47. The normalized spacial score (nSPS) is 13.3. The van der Waals surface area contributed by atoms with Gasteiger partial charge < -0.3 is 14.2 Å². The molecule has 2 N–H and O–H groups in total. The Morgan fingerprint density at radius 2 is 1.82 bits per heavy atom. The molecule has 0 aliphatic carbocycles. The molecule has 0 bridgehead atoms. The van der Waals surface area contributed by atoms with E-state index in [0.29, 0.717) is 6.07 Å². The minimum atomic E-state index is -4.68. The Balaban J connectivity index is 0.000000638. The smallest absolute Gasteiger partial charge is 0.416 e. The summed E-state index contributed by atoms with van der Waals surface area (Å²) in [4.78, 5) is 21.6. The molecule has 210 valence electrons. The standard InChI is InChI=1S/C20H21F3N2O5S.C4H9NOS/c1-19(2,3)30-18(26)24-14-7-8-17-16(12-14)25(9-10-29-17)31(27,28)15-6-4-5-13(11-15)20(21,22)23;1-3-7-5-4(2)6/h4-8,11-12H,9-10H2,1-3H3,(H,24,26);3H2,1-2H3,(H,5,6). The number of nitrogens with one attached hydrogen (secondary N) is 2. The first-order valence-electron chi connectivity index (χ1n) is 11.4. The Morgan fingerprint density at radius 1 is 1.13 bits per heavy atom. The van der Waals surface area contributed by atoms with Gasteiger partial charge in [-0.2, -0.15) is 13.2 Å². The van der Waals surface area contributed by atoms with Crippen molar-refractivity contribution in [3.05, 3.63) is 48.0 Å². The van der Waals surface area contributed by atoms with E-state index < -0.39 is 38.4 Å². The quantitative estimate of drug-likeness (QED) is 0.456. The van der Waals surface area contributed by atoms with E-state index in [4.69, 9.17) is 9.47 Å². The number of halogens is 3. The van der Waals surface area contributed by atoms with Crippen LogP contribution in [0.1, 0.15) is 40.2 Å². The molecule has 0 spiro atoms. The van der Waals surface area contributed by atoms with E-state index in [0.717, 1.165) is 28.3 Å². The second-order valence-electron chi connectivity index (χ2n) is 8.85. The number of carbonyl (C=O) groups is 2. The highest BCUT2D eigenvalue weighted by Gasteiger charge is 2.35. The minimum absolute atomic E-state index is 0.0179. The Hall–Kier alpha value is -3.13. The van der Waals surface area contributed by atoms with Crippen LogP contribution in [0.3, 0.4) is 0 Å². The number of hydrogen-bond acceptors (Lipinski definition) is 7. The first-order valence-corrected chi connectivity index (χ1v) is 13.8. The summed E-state index contributed by atoms with van der Waals surface area (Å²) in [6, 6.07) is 7.87. The van der Waals surface area contributed by atoms with Crippen LogP contribution in [0, 0.1) is 0 Å². The lowest BCUT2D eigenvalue weighted by atomic mass is 10.2. The molecule has 38 heavy (non-hydrogen) atoms. The largest absolute Gasteiger partial charge is 0.489 e. The van der Waals surface area contributed by atoms with Crippen molar-refractivity contribution in [1.82, 2.24) is 4.72 Å². The lowest BCUT2D eigenvalue weighted by Crippen LogP contribution is -2.38. The van der Waals surface area contributed by atoms with Crippen LogP contribution >= 0.6 is 11.9 Å². The molecule has 2 aromatic rings. The van der Waals surface area contributed by atoms with Crippen LogP contribution in [0.2, 0.25) is 0 Å². The average Bonchev–Trinajstić information content (AvgIpc) is 2.81. The monoisotopic (exact) mass is 577 g/mol. The molecule has 2 aromatic carbocycles. The zero-order valence-electron chi connectivity index (χ0n) is 21.5. The van der Waals surface area contributed by atoms with Crippen LogP contribution < -0.4 is 19.1 Å². The summed E-state index contributed by atoms with van der Waals surface area (Å²) in [6.07, 6.45) is -5.42. The third-order valence-corrected chi connectivity index (χ3v) is 7.06. The lowest BCUT2D eigenvalue weighted by Gasteiger charge is -2.31. The van der Waals surface area contributed by atoms with Gasteiger partial charge in [-0.05, 0) is 57.2 Å². The number of carbonyl (C=O) groups excluding carboxylic acids is 2. The predicted octanol–water partition coefficient (Wildman–Crippen LogP) is 5.43. The first kappa shape index (κ1) is 31.1. The second-order valence-corrected chi connectivity index (χ2v) is 11.8. The molecule has 0 aromatic heterocycles. The van der Waals surface area contributed by atoms with Crippen molar-refractivity contribution in [3.63, 3.8) is 0 Å². The number of alkyl halides is 3. The van der Waals surface area contributed by atoms with Gasteiger partial charge in [0, 0.05) is 18.4 Å². The van der Waals surface area contributed by atoms with Crippen molar-refractivity contribution in [1.29, 1.82) is 0 Å². The van der Waals surface area contributed by atoms with Gasteiger partial charge in [0.1, 0.15) is 18.0 Å². The molecular weight excluding hydrogens is 547 g/mol. The van der Waals surface area contributed by atoms with Crippen LogP contribution in [0.4, 0.5) is 29.3 Å². The van der Waals surface area contributed by atoms with Crippen molar-refractivity contribution in [2.24, 2.45) is 0 Å². The van der Waals surface area contributed by atoms with Gasteiger partial charge in [-0.15, -0.1) is 0 Å². The Labute approximate surface area is 224 Å². The van der Waals surface area contributed by atoms with Crippen molar-refractivity contribution >= 4 is 45.3 Å².